The maximum atomic E-state index is 13.1. The maximum absolute atomic E-state index is 13.1. The minimum Gasteiger partial charge on any atom is -0.460 e. The Bertz CT molecular complexity index is 2110. The molecule has 1 aliphatic rings. The number of hydrogen-bond acceptors (Lipinski definition) is 16. The third-order valence-corrected chi connectivity index (χ3v) is 10.9. The molecule has 2 N–H and O–H groups in total. The summed E-state index contributed by atoms with van der Waals surface area (Å²) in [6, 6.07) is 27.6. The maximum Gasteiger partial charge on any atom is 0.416 e. The number of hydrogen-bond donors (Lipinski definition) is 2. The van der Waals surface area contributed by atoms with Crippen molar-refractivity contribution in [3.05, 3.63) is 119 Å². The summed E-state index contributed by atoms with van der Waals surface area (Å²) in [7, 11) is 0. The van der Waals surface area contributed by atoms with Crippen LogP contribution < -0.4 is 10.6 Å². The number of ether oxygens (including phenoxy) is 13. The summed E-state index contributed by atoms with van der Waals surface area (Å²) in [5.74, 6) is -0.600. The van der Waals surface area contributed by atoms with Gasteiger partial charge in [0.2, 0.25) is 0 Å². The highest BCUT2D eigenvalue weighted by Crippen LogP contribution is 2.44. The largest absolute Gasteiger partial charge is 0.460 e. The van der Waals surface area contributed by atoms with Crippen molar-refractivity contribution in [2.24, 2.45) is 0 Å². The van der Waals surface area contributed by atoms with Gasteiger partial charge >= 0.3 is 18.2 Å². The zero-order valence-electron chi connectivity index (χ0n) is 42.0. The van der Waals surface area contributed by atoms with Crippen molar-refractivity contribution in [3.63, 3.8) is 0 Å². The highest BCUT2D eigenvalue weighted by molar-refractivity contribution is 5.96. The second kappa shape index (κ2) is 36.7. The van der Waals surface area contributed by atoms with Gasteiger partial charge in [0, 0.05) is 24.8 Å². The number of para-hydroxylation sites is 1. The van der Waals surface area contributed by atoms with Gasteiger partial charge in [0.1, 0.15) is 13.2 Å². The van der Waals surface area contributed by atoms with Crippen LogP contribution in [-0.2, 0) is 67.8 Å². The lowest BCUT2D eigenvalue weighted by Gasteiger charge is -2.14. The minimum atomic E-state index is -4.49. The van der Waals surface area contributed by atoms with E-state index in [0.717, 1.165) is 12.1 Å². The Hall–Kier alpha value is -5.23. The molecular formula is C54H71F3N2O15. The second-order valence-electron chi connectivity index (χ2n) is 16.2. The normalized spacial score (nSPS) is 12.1. The number of esters is 1. The lowest BCUT2D eigenvalue weighted by atomic mass is 9.98. The Balaban J connectivity index is 0.672. The molecule has 0 aromatic heterocycles. The van der Waals surface area contributed by atoms with Crippen LogP contribution in [0.4, 0.5) is 29.3 Å². The third-order valence-electron chi connectivity index (χ3n) is 10.9. The van der Waals surface area contributed by atoms with Gasteiger partial charge < -0.3 is 72.2 Å². The zero-order valence-corrected chi connectivity index (χ0v) is 42.0. The van der Waals surface area contributed by atoms with E-state index < -0.39 is 23.8 Å². The molecule has 4 aromatic rings. The summed E-state index contributed by atoms with van der Waals surface area (Å²) in [5.41, 5.74) is 4.65. The first-order valence-corrected chi connectivity index (χ1v) is 25.0. The van der Waals surface area contributed by atoms with Crippen LogP contribution in [0.3, 0.4) is 0 Å². The van der Waals surface area contributed by atoms with Crippen LogP contribution in [0.5, 0.6) is 0 Å². The van der Waals surface area contributed by atoms with E-state index in [0.29, 0.717) is 164 Å². The molecule has 20 heteroatoms. The molecule has 0 aliphatic heterocycles. The molecule has 0 unspecified atom stereocenters. The number of anilines is 2. The fourth-order valence-corrected chi connectivity index (χ4v) is 7.29. The van der Waals surface area contributed by atoms with Gasteiger partial charge in [-0.2, -0.15) is 13.2 Å². The number of carbonyl (C=O) groups excluding carboxylic acids is 2. The highest BCUT2D eigenvalue weighted by Gasteiger charge is 2.31. The van der Waals surface area contributed by atoms with E-state index in [2.05, 4.69) is 34.9 Å². The standard InChI is InChI=1S/C54H71F3N2O15/c55-54(56,57)43-9-7-10-44(41-43)59-51-16-6-5-15-49(51)52(60)73-40-39-72-38-37-71-36-35-70-34-33-69-32-31-68-30-29-67-28-27-66-26-25-65-24-23-64-22-21-63-20-19-62-18-8-17-58-53(61)74-42-50-47-13-3-1-11-45(47)46-12-2-4-14-48(46)50/h1-7,9-16,41,50,59H,8,17-40,42H2,(H,58,61). The van der Waals surface area contributed by atoms with Crippen molar-refractivity contribution in [1.29, 1.82) is 0 Å². The van der Waals surface area contributed by atoms with E-state index in [-0.39, 0.29) is 30.4 Å². The molecule has 74 heavy (non-hydrogen) atoms. The van der Waals surface area contributed by atoms with E-state index in [1.54, 1.807) is 18.2 Å². The molecule has 17 nitrogen and oxygen atoms in total. The molecule has 0 fully saturated rings. The summed E-state index contributed by atoms with van der Waals surface area (Å²) in [6.07, 6.45) is -4.25. The number of halogens is 3. The Labute approximate surface area is 431 Å². The van der Waals surface area contributed by atoms with Crippen molar-refractivity contribution >= 4 is 23.4 Å². The molecule has 0 saturated carbocycles. The van der Waals surface area contributed by atoms with E-state index in [4.69, 9.17) is 61.6 Å². The minimum absolute atomic E-state index is 0.0104. The topological polar surface area (TPSA) is 178 Å². The van der Waals surface area contributed by atoms with Gasteiger partial charge in [-0.05, 0) is 59.0 Å². The van der Waals surface area contributed by atoms with E-state index in [1.807, 2.05) is 24.3 Å². The van der Waals surface area contributed by atoms with Crippen LogP contribution in [0.15, 0.2) is 97.1 Å². The molecule has 0 bridgehead atoms. The number of alkyl halides is 3. The Kier molecular flexibility index (Phi) is 29.6. The predicted molar refractivity (Wildman–Crippen MR) is 268 cm³/mol. The highest BCUT2D eigenvalue weighted by atomic mass is 19.4. The summed E-state index contributed by atoms with van der Waals surface area (Å²) in [6.45, 7) is 9.97. The van der Waals surface area contributed by atoms with Gasteiger partial charge in [0.25, 0.3) is 0 Å². The number of amides is 1. The number of fused-ring (bicyclic) bond motifs is 3. The molecule has 0 spiro atoms. The number of alkyl carbamates (subject to hydrolysis) is 1. The van der Waals surface area contributed by atoms with Gasteiger partial charge in [0.05, 0.1) is 156 Å². The molecule has 1 amide bonds. The van der Waals surface area contributed by atoms with Crippen molar-refractivity contribution in [2.45, 2.75) is 18.5 Å². The van der Waals surface area contributed by atoms with Crippen LogP contribution in [0, 0.1) is 0 Å². The molecular weight excluding hydrogens is 974 g/mol. The van der Waals surface area contributed by atoms with Crippen LogP contribution in [0.1, 0.15) is 39.4 Å². The average Bonchev–Trinajstić information content (AvgIpc) is 3.73. The van der Waals surface area contributed by atoms with E-state index in [1.165, 1.54) is 40.5 Å². The number of benzene rings is 4. The number of nitrogens with one attached hydrogen (secondary N) is 2. The smallest absolute Gasteiger partial charge is 0.416 e. The average molecular weight is 1050 g/mol. The summed E-state index contributed by atoms with van der Waals surface area (Å²) in [5, 5.41) is 5.66. The molecule has 0 radical (unpaired) electrons. The Morgan fingerprint density at radius 3 is 1.31 bits per heavy atom. The molecule has 4 aromatic carbocycles. The van der Waals surface area contributed by atoms with E-state index >= 15 is 0 Å². The Morgan fingerprint density at radius 1 is 0.446 bits per heavy atom. The van der Waals surface area contributed by atoms with Gasteiger partial charge in [-0.1, -0.05) is 66.7 Å². The van der Waals surface area contributed by atoms with E-state index in [9.17, 15) is 22.8 Å². The van der Waals surface area contributed by atoms with Gasteiger partial charge in [-0.25, -0.2) is 9.59 Å². The van der Waals surface area contributed by atoms with Crippen molar-refractivity contribution < 1.29 is 84.3 Å². The summed E-state index contributed by atoms with van der Waals surface area (Å²) < 4.78 is 111. The zero-order chi connectivity index (χ0) is 52.2. The Morgan fingerprint density at radius 2 is 0.851 bits per heavy atom. The molecule has 5 rings (SSSR count). The summed E-state index contributed by atoms with van der Waals surface area (Å²) in [4.78, 5) is 24.9. The fourth-order valence-electron chi connectivity index (χ4n) is 7.29. The first-order valence-electron chi connectivity index (χ1n) is 25.0. The molecule has 408 valence electrons. The lowest BCUT2D eigenvalue weighted by Crippen LogP contribution is -2.27. The quantitative estimate of drug-likeness (QED) is 0.0325. The molecule has 0 heterocycles. The molecule has 0 atom stereocenters. The SMILES string of the molecule is O=C(NCCCOCCOCCOCCOCCOCCOCCOCCOCCOCCOCCOCCOC(=O)c1ccccc1Nc1cccc(C(F)(F)F)c1)OCC1c2ccccc2-c2ccccc21. The van der Waals surface area contributed by atoms with Gasteiger partial charge in [-0.15, -0.1) is 0 Å². The molecule has 1 aliphatic carbocycles. The van der Waals surface area contributed by atoms with Crippen LogP contribution in [-0.4, -0.2) is 177 Å². The number of rotatable bonds is 42. The predicted octanol–water partition coefficient (Wildman–Crippen LogP) is 7.72. The van der Waals surface area contributed by atoms with Crippen molar-refractivity contribution in [2.75, 3.05) is 170 Å². The first-order chi connectivity index (χ1) is 36.3. The van der Waals surface area contributed by atoms with Gasteiger partial charge in [0.15, 0.2) is 0 Å². The van der Waals surface area contributed by atoms with Crippen molar-refractivity contribution in [3.8, 4) is 11.1 Å². The number of carbonyl (C=O) groups is 2. The monoisotopic (exact) mass is 1040 g/mol. The molecule has 0 saturated heterocycles. The van der Waals surface area contributed by atoms with Crippen LogP contribution >= 0.6 is 0 Å². The lowest BCUT2D eigenvalue weighted by molar-refractivity contribution is -0.137. The van der Waals surface area contributed by atoms with Crippen LogP contribution in [0.25, 0.3) is 11.1 Å². The first kappa shape index (κ1) is 59.6. The van der Waals surface area contributed by atoms with Crippen LogP contribution in [0.2, 0.25) is 0 Å². The summed E-state index contributed by atoms with van der Waals surface area (Å²) >= 11 is 0. The van der Waals surface area contributed by atoms with Crippen molar-refractivity contribution in [1.82, 2.24) is 5.32 Å². The van der Waals surface area contributed by atoms with Gasteiger partial charge in [-0.3, -0.25) is 0 Å². The second-order valence-corrected chi connectivity index (χ2v) is 16.2. The third kappa shape index (κ3) is 24.0. The fraction of sp³-hybridized carbons (Fsp3) is 0.519.